The monoisotopic (exact) mass is 259 g/mol. The highest BCUT2D eigenvalue weighted by atomic mass is 35.5. The lowest BCUT2D eigenvalue weighted by molar-refractivity contribution is -0.0989. The van der Waals surface area contributed by atoms with Crippen LogP contribution in [0.3, 0.4) is 0 Å². The van der Waals surface area contributed by atoms with Crippen LogP contribution in [0.25, 0.3) is 0 Å². The lowest BCUT2D eigenvalue weighted by atomic mass is 10.2. The summed E-state index contributed by atoms with van der Waals surface area (Å²) in [5, 5.41) is 3.84. The van der Waals surface area contributed by atoms with Gasteiger partial charge in [-0.05, 0) is 17.7 Å². The third-order valence-corrected chi connectivity index (χ3v) is 2.69. The molecular weight excluding hydrogens is 242 g/mol. The number of halogens is 1. The van der Waals surface area contributed by atoms with Gasteiger partial charge >= 0.3 is 0 Å². The first-order chi connectivity index (χ1) is 8.21. The van der Waals surface area contributed by atoms with Crippen LogP contribution in [-0.4, -0.2) is 34.2 Å². The topological polar surface area (TPSA) is 39.7 Å². The van der Waals surface area contributed by atoms with Crippen LogP contribution in [0.1, 0.15) is 5.56 Å². The standard InChI is InChI=1S/C12H18ClNO3/c1-15-11-6-9(4-5-10(11)13)7-14-8-12(16-2)17-3/h4-6,12,14H,7-8H2,1-3H3. The Kier molecular flexibility index (Phi) is 6.29. The molecule has 0 saturated carbocycles. The van der Waals surface area contributed by atoms with Gasteiger partial charge in [0.1, 0.15) is 5.75 Å². The highest BCUT2D eigenvalue weighted by molar-refractivity contribution is 6.32. The molecule has 0 heterocycles. The molecule has 0 spiro atoms. The van der Waals surface area contributed by atoms with E-state index in [0.29, 0.717) is 23.9 Å². The summed E-state index contributed by atoms with van der Waals surface area (Å²) in [5.74, 6) is 0.681. The van der Waals surface area contributed by atoms with Gasteiger partial charge in [-0.1, -0.05) is 17.7 Å². The number of benzene rings is 1. The maximum absolute atomic E-state index is 5.94. The number of hydrogen-bond donors (Lipinski definition) is 1. The van der Waals surface area contributed by atoms with Gasteiger partial charge in [-0.3, -0.25) is 0 Å². The number of rotatable bonds is 7. The second kappa shape index (κ2) is 7.50. The van der Waals surface area contributed by atoms with E-state index in [2.05, 4.69) is 5.32 Å². The average molecular weight is 260 g/mol. The van der Waals surface area contributed by atoms with Crippen LogP contribution < -0.4 is 10.1 Å². The van der Waals surface area contributed by atoms with Crippen molar-refractivity contribution in [1.29, 1.82) is 0 Å². The van der Waals surface area contributed by atoms with Crippen molar-refractivity contribution in [3.63, 3.8) is 0 Å². The fourth-order valence-electron chi connectivity index (χ4n) is 1.41. The minimum atomic E-state index is -0.232. The van der Waals surface area contributed by atoms with E-state index < -0.39 is 0 Å². The molecule has 1 aromatic carbocycles. The number of methoxy groups -OCH3 is 3. The fraction of sp³-hybridized carbons (Fsp3) is 0.500. The van der Waals surface area contributed by atoms with Gasteiger partial charge in [0.05, 0.1) is 12.1 Å². The second-order valence-corrected chi connectivity index (χ2v) is 3.91. The third-order valence-electron chi connectivity index (χ3n) is 2.38. The molecule has 4 nitrogen and oxygen atoms in total. The fourth-order valence-corrected chi connectivity index (χ4v) is 1.61. The molecule has 0 bridgehead atoms. The van der Waals surface area contributed by atoms with Crippen LogP contribution in [0.5, 0.6) is 5.75 Å². The van der Waals surface area contributed by atoms with E-state index in [4.69, 9.17) is 25.8 Å². The van der Waals surface area contributed by atoms with E-state index in [-0.39, 0.29) is 6.29 Å². The molecule has 0 radical (unpaired) electrons. The second-order valence-electron chi connectivity index (χ2n) is 3.50. The lowest BCUT2D eigenvalue weighted by Crippen LogP contribution is -2.29. The Morgan fingerprint density at radius 2 is 1.94 bits per heavy atom. The summed E-state index contributed by atoms with van der Waals surface area (Å²) in [6, 6.07) is 5.68. The van der Waals surface area contributed by atoms with Crippen LogP contribution in [0, 0.1) is 0 Å². The SMILES string of the molecule is COc1cc(CNCC(OC)OC)ccc1Cl. The summed E-state index contributed by atoms with van der Waals surface area (Å²) in [4.78, 5) is 0. The first-order valence-electron chi connectivity index (χ1n) is 5.30. The Balaban J connectivity index is 2.46. The summed E-state index contributed by atoms with van der Waals surface area (Å²) < 4.78 is 15.3. The molecule has 0 aliphatic heterocycles. The molecule has 1 rings (SSSR count). The van der Waals surface area contributed by atoms with Gasteiger partial charge in [-0.15, -0.1) is 0 Å². The zero-order valence-electron chi connectivity index (χ0n) is 10.3. The summed E-state index contributed by atoms with van der Waals surface area (Å²) in [7, 11) is 4.83. The molecule has 0 saturated heterocycles. The molecule has 17 heavy (non-hydrogen) atoms. The molecular formula is C12H18ClNO3. The van der Waals surface area contributed by atoms with Crippen molar-refractivity contribution in [3.05, 3.63) is 28.8 Å². The van der Waals surface area contributed by atoms with Crippen molar-refractivity contribution >= 4 is 11.6 Å². The van der Waals surface area contributed by atoms with Gasteiger partial charge in [0.25, 0.3) is 0 Å². The van der Waals surface area contributed by atoms with E-state index in [1.807, 2.05) is 18.2 Å². The Hall–Kier alpha value is -0.810. The maximum atomic E-state index is 5.94. The van der Waals surface area contributed by atoms with E-state index in [1.165, 1.54) is 0 Å². The molecule has 1 aromatic rings. The van der Waals surface area contributed by atoms with Gasteiger partial charge in [0, 0.05) is 27.3 Å². The van der Waals surface area contributed by atoms with Crippen molar-refractivity contribution in [2.45, 2.75) is 12.8 Å². The maximum Gasteiger partial charge on any atom is 0.169 e. The number of hydrogen-bond acceptors (Lipinski definition) is 4. The van der Waals surface area contributed by atoms with Crippen LogP contribution >= 0.6 is 11.6 Å². The summed E-state index contributed by atoms with van der Waals surface area (Å²) in [5.41, 5.74) is 1.09. The quantitative estimate of drug-likeness (QED) is 0.761. The lowest BCUT2D eigenvalue weighted by Gasteiger charge is -2.14. The van der Waals surface area contributed by atoms with Crippen LogP contribution in [0.4, 0.5) is 0 Å². The Labute approximate surface area is 107 Å². The van der Waals surface area contributed by atoms with Gasteiger partial charge in [0.15, 0.2) is 6.29 Å². The van der Waals surface area contributed by atoms with Crippen molar-refractivity contribution in [2.24, 2.45) is 0 Å². The number of ether oxygens (including phenoxy) is 3. The zero-order chi connectivity index (χ0) is 12.7. The molecule has 1 N–H and O–H groups in total. The Bertz CT molecular complexity index is 343. The zero-order valence-corrected chi connectivity index (χ0v) is 11.1. The van der Waals surface area contributed by atoms with E-state index >= 15 is 0 Å². The summed E-state index contributed by atoms with van der Waals surface area (Å²) >= 11 is 5.94. The van der Waals surface area contributed by atoms with Crippen molar-refractivity contribution < 1.29 is 14.2 Å². The summed E-state index contributed by atoms with van der Waals surface area (Å²) in [6.07, 6.45) is -0.232. The van der Waals surface area contributed by atoms with Crippen LogP contribution in [0.15, 0.2) is 18.2 Å². The predicted molar refractivity (Wildman–Crippen MR) is 67.5 cm³/mol. The largest absolute Gasteiger partial charge is 0.495 e. The minimum absolute atomic E-state index is 0.232. The van der Waals surface area contributed by atoms with Crippen LogP contribution in [0.2, 0.25) is 5.02 Å². The highest BCUT2D eigenvalue weighted by Crippen LogP contribution is 2.24. The smallest absolute Gasteiger partial charge is 0.169 e. The minimum Gasteiger partial charge on any atom is -0.495 e. The Morgan fingerprint density at radius 1 is 1.24 bits per heavy atom. The average Bonchev–Trinajstić information content (AvgIpc) is 2.36. The van der Waals surface area contributed by atoms with Crippen molar-refractivity contribution in [1.82, 2.24) is 5.32 Å². The molecule has 0 amide bonds. The molecule has 0 atom stereocenters. The van der Waals surface area contributed by atoms with E-state index in [9.17, 15) is 0 Å². The van der Waals surface area contributed by atoms with E-state index in [0.717, 1.165) is 5.56 Å². The Morgan fingerprint density at radius 3 is 2.53 bits per heavy atom. The highest BCUT2D eigenvalue weighted by Gasteiger charge is 2.05. The molecule has 0 fully saturated rings. The van der Waals surface area contributed by atoms with E-state index in [1.54, 1.807) is 21.3 Å². The first-order valence-corrected chi connectivity index (χ1v) is 5.67. The first kappa shape index (κ1) is 14.3. The molecule has 0 unspecified atom stereocenters. The third kappa shape index (κ3) is 4.52. The van der Waals surface area contributed by atoms with Crippen LogP contribution in [-0.2, 0) is 16.0 Å². The van der Waals surface area contributed by atoms with Gasteiger partial charge in [-0.25, -0.2) is 0 Å². The van der Waals surface area contributed by atoms with Gasteiger partial charge in [-0.2, -0.15) is 0 Å². The number of nitrogens with one attached hydrogen (secondary N) is 1. The molecule has 5 heteroatoms. The molecule has 0 aromatic heterocycles. The molecule has 0 aliphatic rings. The van der Waals surface area contributed by atoms with Gasteiger partial charge < -0.3 is 19.5 Å². The van der Waals surface area contributed by atoms with Gasteiger partial charge in [0.2, 0.25) is 0 Å². The molecule has 0 aliphatic carbocycles. The normalized spacial score (nSPS) is 10.9. The predicted octanol–water partition coefficient (Wildman–Crippen LogP) is 2.06. The van der Waals surface area contributed by atoms with Crippen molar-refractivity contribution in [2.75, 3.05) is 27.9 Å². The molecule has 96 valence electrons. The van der Waals surface area contributed by atoms with Crippen molar-refractivity contribution in [3.8, 4) is 5.75 Å². The summed E-state index contributed by atoms with van der Waals surface area (Å²) in [6.45, 7) is 1.33.